The molecule has 2 aromatic heterocycles. The van der Waals surface area contributed by atoms with Gasteiger partial charge in [-0.25, -0.2) is 14.7 Å². The molecule has 0 bridgehead atoms. The maximum atomic E-state index is 11.9. The second-order valence-corrected chi connectivity index (χ2v) is 6.03. The van der Waals surface area contributed by atoms with Gasteiger partial charge in [-0.3, -0.25) is 9.48 Å². The number of amides is 2. The van der Waals surface area contributed by atoms with E-state index in [9.17, 15) is 14.7 Å². The molecular weight excluding hydrogens is 374 g/mol. The van der Waals surface area contributed by atoms with Gasteiger partial charge in [0.1, 0.15) is 5.82 Å². The van der Waals surface area contributed by atoms with E-state index in [1.54, 1.807) is 36.1 Å². The molecule has 0 aliphatic carbocycles. The molecule has 0 fully saturated rings. The predicted octanol–water partition coefficient (Wildman–Crippen LogP) is 3.20. The van der Waals surface area contributed by atoms with Crippen LogP contribution in [0, 0.1) is 6.92 Å². The Morgan fingerprint density at radius 3 is 2.76 bits per heavy atom. The summed E-state index contributed by atoms with van der Waals surface area (Å²) >= 11 is 0. The molecule has 0 saturated heterocycles. The van der Waals surface area contributed by atoms with E-state index in [0.717, 1.165) is 16.7 Å². The first kappa shape index (κ1) is 19.5. The lowest BCUT2D eigenvalue weighted by atomic mass is 10.2. The highest BCUT2D eigenvalue weighted by atomic mass is 16.4. The maximum Gasteiger partial charge on any atom is 0.417 e. The zero-order valence-corrected chi connectivity index (χ0v) is 15.8. The van der Waals surface area contributed by atoms with Crippen LogP contribution in [0.1, 0.15) is 5.69 Å². The topological polar surface area (TPSA) is 125 Å². The summed E-state index contributed by atoms with van der Waals surface area (Å²) in [5.74, 6) is -0.0332. The zero-order chi connectivity index (χ0) is 21.0. The van der Waals surface area contributed by atoms with E-state index in [4.69, 9.17) is 0 Å². The van der Waals surface area contributed by atoms with Crippen LogP contribution in [0.15, 0.2) is 55.4 Å². The number of rotatable bonds is 6. The standard InChI is InChI=1S/C19H19N7O3/c1-4-17(27)21-13-6-5-7-14(10-13)26(19(28)29)16-8-9-20-18(23-16)22-15-11-25(3)24-12(15)2/h4-11H,1H2,2-3H3,(H,21,27)(H,28,29)(H,20,22,23). The Morgan fingerprint density at radius 2 is 2.10 bits per heavy atom. The quantitative estimate of drug-likeness (QED) is 0.549. The highest BCUT2D eigenvalue weighted by Gasteiger charge is 2.20. The molecule has 10 nitrogen and oxygen atoms in total. The number of nitrogens with one attached hydrogen (secondary N) is 2. The highest BCUT2D eigenvalue weighted by molar-refractivity contribution is 6.00. The van der Waals surface area contributed by atoms with Crippen LogP contribution in [0.5, 0.6) is 0 Å². The van der Waals surface area contributed by atoms with Gasteiger partial charge in [0.2, 0.25) is 11.9 Å². The van der Waals surface area contributed by atoms with Crippen LogP contribution in [0.3, 0.4) is 0 Å². The molecule has 0 aliphatic rings. The van der Waals surface area contributed by atoms with Crippen LogP contribution >= 0.6 is 0 Å². The van der Waals surface area contributed by atoms with Crippen LogP contribution < -0.4 is 15.5 Å². The van der Waals surface area contributed by atoms with Crippen LogP contribution in [-0.4, -0.2) is 36.9 Å². The number of carbonyl (C=O) groups is 2. The lowest BCUT2D eigenvalue weighted by Crippen LogP contribution is -2.25. The number of anilines is 5. The first-order valence-corrected chi connectivity index (χ1v) is 8.54. The summed E-state index contributed by atoms with van der Waals surface area (Å²) < 4.78 is 1.65. The van der Waals surface area contributed by atoms with Crippen molar-refractivity contribution < 1.29 is 14.7 Å². The third kappa shape index (κ3) is 4.56. The fourth-order valence-electron chi connectivity index (χ4n) is 2.63. The summed E-state index contributed by atoms with van der Waals surface area (Å²) in [4.78, 5) is 32.9. The monoisotopic (exact) mass is 393 g/mol. The van der Waals surface area contributed by atoms with Gasteiger partial charge in [-0.15, -0.1) is 0 Å². The average molecular weight is 393 g/mol. The first-order chi connectivity index (χ1) is 13.9. The summed E-state index contributed by atoms with van der Waals surface area (Å²) in [6.07, 6.45) is 3.12. The highest BCUT2D eigenvalue weighted by Crippen LogP contribution is 2.27. The Bertz CT molecular complexity index is 1080. The average Bonchev–Trinajstić information content (AvgIpc) is 2.99. The molecule has 0 aliphatic heterocycles. The fourth-order valence-corrected chi connectivity index (χ4v) is 2.63. The van der Waals surface area contributed by atoms with Gasteiger partial charge >= 0.3 is 6.09 Å². The van der Waals surface area contributed by atoms with Crippen molar-refractivity contribution in [3.05, 3.63) is 61.1 Å². The predicted molar refractivity (Wildman–Crippen MR) is 109 cm³/mol. The molecule has 2 amide bonds. The molecule has 0 spiro atoms. The van der Waals surface area contributed by atoms with Gasteiger partial charge in [-0.1, -0.05) is 12.6 Å². The van der Waals surface area contributed by atoms with Crippen LogP contribution in [0.25, 0.3) is 0 Å². The Morgan fingerprint density at radius 1 is 1.31 bits per heavy atom. The number of benzene rings is 1. The summed E-state index contributed by atoms with van der Waals surface area (Å²) in [5.41, 5.74) is 2.20. The number of carboxylic acid groups (broad SMARTS) is 1. The SMILES string of the molecule is C=CC(=O)Nc1cccc(N(C(=O)O)c2ccnc(Nc3cn(C)nc3C)n2)c1. The van der Waals surface area contributed by atoms with Gasteiger partial charge in [-0.2, -0.15) is 10.1 Å². The van der Waals surface area contributed by atoms with E-state index < -0.39 is 12.0 Å². The molecule has 0 atom stereocenters. The van der Waals surface area contributed by atoms with E-state index in [-0.39, 0.29) is 11.8 Å². The van der Waals surface area contributed by atoms with Gasteiger partial charge in [0.25, 0.3) is 0 Å². The third-order valence-corrected chi connectivity index (χ3v) is 3.88. The van der Waals surface area contributed by atoms with E-state index in [1.807, 2.05) is 6.92 Å². The number of nitrogens with zero attached hydrogens (tertiary/aromatic N) is 5. The van der Waals surface area contributed by atoms with Crippen molar-refractivity contribution >= 4 is 40.8 Å². The lowest BCUT2D eigenvalue weighted by molar-refractivity contribution is -0.111. The van der Waals surface area contributed by atoms with Crippen molar-refractivity contribution in [2.45, 2.75) is 6.92 Å². The minimum atomic E-state index is -1.24. The molecular formula is C19H19N7O3. The van der Waals surface area contributed by atoms with Gasteiger partial charge in [0.15, 0.2) is 0 Å². The Hall–Kier alpha value is -4.21. The van der Waals surface area contributed by atoms with Crippen LogP contribution in [0.2, 0.25) is 0 Å². The van der Waals surface area contributed by atoms with Gasteiger partial charge < -0.3 is 15.7 Å². The molecule has 0 saturated carbocycles. The van der Waals surface area contributed by atoms with E-state index in [1.165, 1.54) is 18.3 Å². The molecule has 1 aromatic carbocycles. The number of hydrogen-bond acceptors (Lipinski definition) is 6. The second-order valence-electron chi connectivity index (χ2n) is 6.03. The van der Waals surface area contributed by atoms with Crippen LogP contribution in [0.4, 0.5) is 33.6 Å². The molecule has 29 heavy (non-hydrogen) atoms. The van der Waals surface area contributed by atoms with Crippen molar-refractivity contribution in [3.8, 4) is 0 Å². The molecule has 0 radical (unpaired) electrons. The maximum absolute atomic E-state index is 11.9. The summed E-state index contributed by atoms with van der Waals surface area (Å²) in [7, 11) is 1.79. The molecule has 3 rings (SSSR count). The van der Waals surface area contributed by atoms with Gasteiger partial charge in [0.05, 0.1) is 17.1 Å². The number of carbonyl (C=O) groups excluding carboxylic acids is 1. The molecule has 10 heteroatoms. The summed E-state index contributed by atoms with van der Waals surface area (Å²) in [6.45, 7) is 5.23. The minimum absolute atomic E-state index is 0.142. The largest absolute Gasteiger partial charge is 0.464 e. The van der Waals surface area contributed by atoms with E-state index in [2.05, 4.69) is 32.3 Å². The van der Waals surface area contributed by atoms with Crippen molar-refractivity contribution in [1.29, 1.82) is 0 Å². The van der Waals surface area contributed by atoms with Crippen molar-refractivity contribution in [1.82, 2.24) is 19.7 Å². The molecule has 0 unspecified atom stereocenters. The summed E-state index contributed by atoms with van der Waals surface area (Å²) in [6, 6.07) is 7.87. The first-order valence-electron chi connectivity index (χ1n) is 8.54. The normalized spacial score (nSPS) is 10.3. The molecule has 148 valence electrons. The Kier molecular flexibility index (Phi) is 5.54. The Balaban J connectivity index is 1.93. The third-order valence-electron chi connectivity index (χ3n) is 3.88. The van der Waals surface area contributed by atoms with Gasteiger partial charge in [-0.05, 0) is 31.2 Å². The smallest absolute Gasteiger partial charge is 0.417 e. The van der Waals surface area contributed by atoms with E-state index >= 15 is 0 Å². The van der Waals surface area contributed by atoms with Crippen molar-refractivity contribution in [3.63, 3.8) is 0 Å². The molecule has 3 aromatic rings. The molecule has 2 heterocycles. The second kappa shape index (κ2) is 8.21. The lowest BCUT2D eigenvalue weighted by Gasteiger charge is -2.19. The number of aromatic nitrogens is 4. The van der Waals surface area contributed by atoms with Crippen LogP contribution in [-0.2, 0) is 11.8 Å². The van der Waals surface area contributed by atoms with Crippen molar-refractivity contribution in [2.24, 2.45) is 7.05 Å². The minimum Gasteiger partial charge on any atom is -0.464 e. The number of aryl methyl sites for hydroxylation is 2. The number of hydrogen-bond donors (Lipinski definition) is 3. The fraction of sp³-hybridized carbons (Fsp3) is 0.105. The zero-order valence-electron chi connectivity index (χ0n) is 15.8. The summed E-state index contributed by atoms with van der Waals surface area (Å²) in [5, 5.41) is 19.6. The van der Waals surface area contributed by atoms with Gasteiger partial charge in [0, 0.05) is 31.2 Å². The Labute approximate surface area is 166 Å². The molecule has 3 N–H and O–H groups in total. The van der Waals surface area contributed by atoms with E-state index in [0.29, 0.717) is 17.1 Å². The van der Waals surface area contributed by atoms with Crippen molar-refractivity contribution in [2.75, 3.05) is 15.5 Å².